The van der Waals surface area contributed by atoms with E-state index in [0.29, 0.717) is 0 Å². The van der Waals surface area contributed by atoms with Gasteiger partial charge in [-0.2, -0.15) is 9.66 Å². The predicted octanol–water partition coefficient (Wildman–Crippen LogP) is -2.12. The summed E-state index contributed by atoms with van der Waals surface area (Å²) in [6, 6.07) is 0. The Morgan fingerprint density at radius 3 is 1.19 bits per heavy atom. The average Bonchev–Trinajstić information content (AvgIpc) is 2.29. The fourth-order valence-electron chi connectivity index (χ4n) is 1.85. The Morgan fingerprint density at radius 1 is 0.750 bits per heavy atom. The summed E-state index contributed by atoms with van der Waals surface area (Å²) in [4.78, 5) is 3.52. The van der Waals surface area contributed by atoms with Gasteiger partial charge in [0.15, 0.2) is 0 Å². The monoisotopic (exact) mass is 272 g/mol. The number of sulfonamides is 2. The van der Waals surface area contributed by atoms with E-state index in [-0.39, 0.29) is 25.7 Å². The van der Waals surface area contributed by atoms with Gasteiger partial charge in [-0.3, -0.25) is 11.7 Å². The van der Waals surface area contributed by atoms with Crippen molar-refractivity contribution in [2.24, 2.45) is 11.7 Å². The molecule has 1 aliphatic rings. The summed E-state index contributed by atoms with van der Waals surface area (Å²) in [6.07, 6.45) is 1.05. The molecule has 1 fully saturated rings. The van der Waals surface area contributed by atoms with E-state index in [0.717, 1.165) is 0 Å². The Hall–Kier alpha value is -0.260. The molecule has 0 spiro atoms. The average molecular weight is 272 g/mol. The topological polar surface area (TPSA) is 144 Å². The van der Waals surface area contributed by atoms with Gasteiger partial charge < -0.3 is 0 Å². The number of rotatable bonds is 4. The maximum Gasteiger partial charge on any atom is 0.226 e. The highest BCUT2D eigenvalue weighted by molar-refractivity contribution is 7.90. The van der Waals surface area contributed by atoms with Gasteiger partial charge in [0.1, 0.15) is 0 Å². The number of hydrazine groups is 2. The minimum atomic E-state index is -3.52. The van der Waals surface area contributed by atoms with Crippen molar-refractivity contribution < 1.29 is 16.8 Å². The van der Waals surface area contributed by atoms with Crippen LogP contribution in [0.4, 0.5) is 0 Å². The van der Waals surface area contributed by atoms with Crippen LogP contribution in [0.1, 0.15) is 25.7 Å². The third kappa shape index (κ3) is 2.90. The Balaban J connectivity index is 2.66. The molecule has 16 heavy (non-hydrogen) atoms. The summed E-state index contributed by atoms with van der Waals surface area (Å²) >= 11 is 0. The van der Waals surface area contributed by atoms with Crippen molar-refractivity contribution in [3.63, 3.8) is 0 Å². The lowest BCUT2D eigenvalue weighted by molar-refractivity contribution is 0.463. The molecule has 0 aromatic rings. The fourth-order valence-corrected chi connectivity index (χ4v) is 4.02. The van der Waals surface area contributed by atoms with Crippen LogP contribution >= 0.6 is 0 Å². The summed E-state index contributed by atoms with van der Waals surface area (Å²) in [5.41, 5.74) is 0. The van der Waals surface area contributed by atoms with Crippen molar-refractivity contribution in [2.75, 3.05) is 0 Å². The fraction of sp³-hybridized carbons (Fsp3) is 1.00. The van der Waals surface area contributed by atoms with E-state index in [2.05, 4.69) is 0 Å². The van der Waals surface area contributed by atoms with Crippen molar-refractivity contribution in [3.8, 4) is 0 Å². The minimum absolute atomic E-state index is 0.262. The summed E-state index contributed by atoms with van der Waals surface area (Å²) in [6.45, 7) is 0. The first-order valence-corrected chi connectivity index (χ1v) is 7.85. The molecule has 8 nitrogen and oxygen atoms in total. The van der Waals surface area contributed by atoms with Gasteiger partial charge in [0, 0.05) is 0 Å². The molecule has 0 saturated heterocycles. The zero-order chi connectivity index (χ0) is 12.4. The first-order chi connectivity index (χ1) is 7.33. The molecule has 96 valence electrons. The SMILES string of the molecule is NNS(=O)(=O)C1CCC(S(=O)(=O)NN)CC1. The molecule has 1 rings (SSSR count). The summed E-state index contributed by atoms with van der Waals surface area (Å²) in [7, 11) is -7.03. The van der Waals surface area contributed by atoms with Gasteiger partial charge in [-0.15, -0.1) is 0 Å². The Morgan fingerprint density at radius 2 is 1.00 bits per heavy atom. The molecule has 0 aromatic carbocycles. The molecule has 0 aromatic heterocycles. The first-order valence-electron chi connectivity index (χ1n) is 4.76. The van der Waals surface area contributed by atoms with Crippen LogP contribution in [0.3, 0.4) is 0 Å². The van der Waals surface area contributed by atoms with Crippen molar-refractivity contribution in [2.45, 2.75) is 36.2 Å². The Bertz CT molecular complexity index is 381. The predicted molar refractivity (Wildman–Crippen MR) is 58.5 cm³/mol. The van der Waals surface area contributed by atoms with E-state index < -0.39 is 30.5 Å². The van der Waals surface area contributed by atoms with Gasteiger partial charge in [0.05, 0.1) is 10.5 Å². The number of hydrogen-bond acceptors (Lipinski definition) is 6. The summed E-state index contributed by atoms with van der Waals surface area (Å²) in [5.74, 6) is 9.79. The molecule has 10 heteroatoms. The third-order valence-corrected chi connectivity index (χ3v) is 6.18. The van der Waals surface area contributed by atoms with Crippen LogP contribution < -0.4 is 21.3 Å². The zero-order valence-corrected chi connectivity index (χ0v) is 10.2. The Labute approximate surface area is 94.8 Å². The van der Waals surface area contributed by atoms with Crippen molar-refractivity contribution >= 4 is 20.0 Å². The lowest BCUT2D eigenvalue weighted by Crippen LogP contribution is -2.45. The molecule has 0 unspecified atom stereocenters. The molecular formula is C6H16N4O4S2. The lowest BCUT2D eigenvalue weighted by atomic mass is 10.00. The van der Waals surface area contributed by atoms with Crippen LogP contribution in [0.15, 0.2) is 0 Å². The summed E-state index contributed by atoms with van der Waals surface area (Å²) < 4.78 is 45.4. The van der Waals surface area contributed by atoms with Crippen LogP contribution in [-0.2, 0) is 20.0 Å². The number of nitrogens with one attached hydrogen (secondary N) is 2. The lowest BCUT2D eigenvalue weighted by Gasteiger charge is -2.27. The van der Waals surface area contributed by atoms with E-state index in [9.17, 15) is 16.8 Å². The highest BCUT2D eigenvalue weighted by atomic mass is 32.2. The third-order valence-electron chi connectivity index (χ3n) is 2.83. The molecule has 0 radical (unpaired) electrons. The van der Waals surface area contributed by atoms with Gasteiger partial charge in [0.25, 0.3) is 0 Å². The molecule has 0 atom stereocenters. The minimum Gasteiger partial charge on any atom is -0.258 e. The zero-order valence-electron chi connectivity index (χ0n) is 8.59. The number of hydrogen-bond donors (Lipinski definition) is 4. The largest absolute Gasteiger partial charge is 0.258 e. The molecule has 1 aliphatic carbocycles. The van der Waals surface area contributed by atoms with E-state index in [1.165, 1.54) is 0 Å². The first kappa shape index (κ1) is 13.8. The molecule has 0 heterocycles. The van der Waals surface area contributed by atoms with Crippen molar-refractivity contribution in [1.29, 1.82) is 0 Å². The van der Waals surface area contributed by atoms with Crippen LogP contribution in [0.2, 0.25) is 0 Å². The van der Waals surface area contributed by atoms with Crippen molar-refractivity contribution in [3.05, 3.63) is 0 Å². The van der Waals surface area contributed by atoms with Crippen LogP contribution in [0.5, 0.6) is 0 Å². The van der Waals surface area contributed by atoms with E-state index in [4.69, 9.17) is 11.7 Å². The molecule has 0 bridgehead atoms. The van der Waals surface area contributed by atoms with Gasteiger partial charge >= 0.3 is 0 Å². The van der Waals surface area contributed by atoms with Crippen molar-refractivity contribution in [1.82, 2.24) is 9.66 Å². The van der Waals surface area contributed by atoms with Gasteiger partial charge in [-0.1, -0.05) is 0 Å². The molecular weight excluding hydrogens is 256 g/mol. The molecule has 6 N–H and O–H groups in total. The van der Waals surface area contributed by atoms with Crippen LogP contribution in [0, 0.1) is 0 Å². The van der Waals surface area contributed by atoms with E-state index in [1.54, 1.807) is 9.66 Å². The standard InChI is InChI=1S/C6H16N4O4S2/c7-9-15(11,12)5-1-2-6(4-3-5)16(13,14)10-8/h5-6,9-10H,1-4,7-8H2. The van der Waals surface area contributed by atoms with Crippen LogP contribution in [-0.4, -0.2) is 27.3 Å². The van der Waals surface area contributed by atoms with Crippen LogP contribution in [0.25, 0.3) is 0 Å². The van der Waals surface area contributed by atoms with E-state index in [1.807, 2.05) is 0 Å². The molecule has 1 saturated carbocycles. The highest BCUT2D eigenvalue weighted by Crippen LogP contribution is 2.27. The molecule has 0 aliphatic heterocycles. The Kier molecular flexibility index (Phi) is 4.26. The normalized spacial score (nSPS) is 27.9. The maximum absolute atomic E-state index is 11.4. The second kappa shape index (κ2) is 4.94. The smallest absolute Gasteiger partial charge is 0.226 e. The second-order valence-electron chi connectivity index (χ2n) is 3.72. The van der Waals surface area contributed by atoms with E-state index >= 15 is 0 Å². The van der Waals surface area contributed by atoms with Gasteiger partial charge in [-0.25, -0.2) is 16.8 Å². The number of nitrogens with two attached hydrogens (primary N) is 2. The van der Waals surface area contributed by atoms with Gasteiger partial charge in [0.2, 0.25) is 20.0 Å². The molecule has 0 amide bonds. The summed E-state index contributed by atoms with van der Waals surface area (Å²) in [5, 5.41) is -1.25. The highest BCUT2D eigenvalue weighted by Gasteiger charge is 2.35. The van der Waals surface area contributed by atoms with Gasteiger partial charge in [-0.05, 0) is 25.7 Å². The second-order valence-corrected chi connectivity index (χ2v) is 7.71. The maximum atomic E-state index is 11.4. The quantitative estimate of drug-likeness (QED) is 0.340.